The first-order valence-electron chi connectivity index (χ1n) is 9.46. The van der Waals surface area contributed by atoms with Crippen LogP contribution in [0.1, 0.15) is 25.3 Å². The highest BCUT2D eigenvalue weighted by Crippen LogP contribution is 2.27. The third-order valence-corrected chi connectivity index (χ3v) is 4.74. The molecule has 0 N–H and O–H groups in total. The van der Waals surface area contributed by atoms with Crippen LogP contribution in [-0.4, -0.2) is 32.1 Å². The molecule has 1 heterocycles. The van der Waals surface area contributed by atoms with Gasteiger partial charge in [0.1, 0.15) is 5.75 Å². The van der Waals surface area contributed by atoms with E-state index in [-0.39, 0.29) is 5.91 Å². The van der Waals surface area contributed by atoms with E-state index in [4.69, 9.17) is 10.00 Å². The summed E-state index contributed by atoms with van der Waals surface area (Å²) in [5, 5.41) is 8.99. The van der Waals surface area contributed by atoms with Gasteiger partial charge in [0.15, 0.2) is 0 Å². The van der Waals surface area contributed by atoms with E-state index in [9.17, 15) is 4.79 Å². The normalized spacial score (nSPS) is 12.8. The fourth-order valence-corrected chi connectivity index (χ4v) is 3.47. The van der Waals surface area contributed by atoms with Gasteiger partial charge in [-0.3, -0.25) is 4.79 Å². The molecule has 5 heteroatoms. The Balaban J connectivity index is 1.77. The van der Waals surface area contributed by atoms with Crippen LogP contribution in [0.25, 0.3) is 0 Å². The molecule has 0 fully saturated rings. The van der Waals surface area contributed by atoms with Gasteiger partial charge in [0.05, 0.1) is 25.6 Å². The lowest BCUT2D eigenvalue weighted by atomic mass is 10.0. The first kappa shape index (κ1) is 18.8. The molecule has 2 aromatic carbocycles. The van der Waals surface area contributed by atoms with E-state index in [0.717, 1.165) is 36.5 Å². The minimum absolute atomic E-state index is 0.00566. The van der Waals surface area contributed by atoms with Crippen molar-refractivity contribution in [1.29, 1.82) is 5.26 Å². The number of anilines is 2. The maximum atomic E-state index is 13.1. The Morgan fingerprint density at radius 1 is 1.22 bits per heavy atom. The van der Waals surface area contributed by atoms with Crippen molar-refractivity contribution in [2.24, 2.45) is 0 Å². The van der Waals surface area contributed by atoms with Crippen LogP contribution >= 0.6 is 0 Å². The molecule has 0 radical (unpaired) electrons. The van der Waals surface area contributed by atoms with E-state index in [1.165, 1.54) is 5.56 Å². The fourth-order valence-electron chi connectivity index (χ4n) is 3.47. The Bertz CT molecular complexity index is 811. The highest BCUT2D eigenvalue weighted by Gasteiger charge is 2.22. The molecule has 0 bridgehead atoms. The van der Waals surface area contributed by atoms with Crippen molar-refractivity contribution in [2.75, 3.05) is 36.0 Å². The minimum Gasteiger partial charge on any atom is -0.494 e. The van der Waals surface area contributed by atoms with Crippen molar-refractivity contribution in [3.8, 4) is 11.8 Å². The van der Waals surface area contributed by atoms with Crippen molar-refractivity contribution in [3.63, 3.8) is 0 Å². The van der Waals surface area contributed by atoms with Crippen molar-refractivity contribution in [3.05, 3.63) is 54.1 Å². The summed E-state index contributed by atoms with van der Waals surface area (Å²) in [5.41, 5.74) is 3.23. The van der Waals surface area contributed by atoms with E-state index in [1.54, 1.807) is 4.90 Å². The zero-order chi connectivity index (χ0) is 19.1. The summed E-state index contributed by atoms with van der Waals surface area (Å²) in [6.07, 6.45) is 2.40. The van der Waals surface area contributed by atoms with Crippen LogP contribution in [0.4, 0.5) is 11.4 Å². The molecule has 27 heavy (non-hydrogen) atoms. The van der Waals surface area contributed by atoms with Gasteiger partial charge in [-0.25, -0.2) is 0 Å². The summed E-state index contributed by atoms with van der Waals surface area (Å²) in [5.74, 6) is 0.782. The Kier molecular flexibility index (Phi) is 6.32. The number of ether oxygens (including phenoxy) is 1. The van der Waals surface area contributed by atoms with Crippen LogP contribution in [-0.2, 0) is 11.2 Å². The molecule has 140 valence electrons. The summed E-state index contributed by atoms with van der Waals surface area (Å²) >= 11 is 0. The summed E-state index contributed by atoms with van der Waals surface area (Å²) < 4.78 is 5.48. The van der Waals surface area contributed by atoms with Crippen LogP contribution in [0.2, 0.25) is 0 Å². The van der Waals surface area contributed by atoms with E-state index in [2.05, 4.69) is 23.1 Å². The molecular weight excluding hydrogens is 338 g/mol. The summed E-state index contributed by atoms with van der Waals surface area (Å²) in [7, 11) is 0. The zero-order valence-electron chi connectivity index (χ0n) is 15.7. The molecule has 0 saturated carbocycles. The maximum Gasteiger partial charge on any atom is 0.246 e. The van der Waals surface area contributed by atoms with Crippen molar-refractivity contribution < 1.29 is 9.53 Å². The average Bonchev–Trinajstić information content (AvgIpc) is 2.70. The lowest BCUT2D eigenvalue weighted by Crippen LogP contribution is -2.42. The monoisotopic (exact) mass is 363 g/mol. The van der Waals surface area contributed by atoms with E-state index in [0.29, 0.717) is 26.1 Å². The number of carbonyl (C=O) groups is 1. The van der Waals surface area contributed by atoms with Crippen LogP contribution in [0, 0.1) is 11.3 Å². The van der Waals surface area contributed by atoms with Crippen LogP contribution < -0.4 is 14.5 Å². The summed E-state index contributed by atoms with van der Waals surface area (Å²) in [4.78, 5) is 16.9. The zero-order valence-corrected chi connectivity index (χ0v) is 15.7. The Morgan fingerprint density at radius 3 is 2.74 bits per heavy atom. The smallest absolute Gasteiger partial charge is 0.246 e. The van der Waals surface area contributed by atoms with Crippen LogP contribution in [0.15, 0.2) is 48.5 Å². The van der Waals surface area contributed by atoms with Crippen molar-refractivity contribution >= 4 is 17.3 Å². The van der Waals surface area contributed by atoms with Gasteiger partial charge in [-0.2, -0.15) is 5.26 Å². The number of hydrogen-bond acceptors (Lipinski definition) is 4. The molecule has 0 atom stereocenters. The molecule has 2 aromatic rings. The second-order valence-electron chi connectivity index (χ2n) is 6.53. The van der Waals surface area contributed by atoms with Crippen molar-refractivity contribution in [1.82, 2.24) is 0 Å². The number of rotatable bonds is 7. The molecule has 0 unspecified atom stereocenters. The maximum absolute atomic E-state index is 13.1. The number of aryl methyl sites for hydroxylation is 1. The number of para-hydroxylation sites is 1. The number of nitrogens with zero attached hydrogens (tertiary/aromatic N) is 3. The third kappa shape index (κ3) is 4.59. The summed E-state index contributed by atoms with van der Waals surface area (Å²) in [6, 6.07) is 17.9. The van der Waals surface area contributed by atoms with Gasteiger partial charge >= 0.3 is 0 Å². The topological polar surface area (TPSA) is 56.6 Å². The average molecular weight is 363 g/mol. The van der Waals surface area contributed by atoms with E-state index >= 15 is 0 Å². The fraction of sp³-hybridized carbons (Fsp3) is 0.364. The van der Waals surface area contributed by atoms with E-state index < -0.39 is 0 Å². The molecule has 3 rings (SSSR count). The molecule has 1 amide bonds. The van der Waals surface area contributed by atoms with Gasteiger partial charge in [0.2, 0.25) is 5.91 Å². The predicted molar refractivity (Wildman–Crippen MR) is 107 cm³/mol. The minimum atomic E-state index is 0.00566. The number of fused-ring (bicyclic) bond motifs is 1. The molecule has 1 aliphatic heterocycles. The highest BCUT2D eigenvalue weighted by molar-refractivity contribution is 5.96. The number of benzene rings is 2. The molecule has 0 aromatic heterocycles. The number of hydrogen-bond donors (Lipinski definition) is 0. The molecule has 1 aliphatic rings. The largest absolute Gasteiger partial charge is 0.494 e. The number of carbonyl (C=O) groups excluding carboxylic acids is 1. The SMILES string of the molecule is CCOc1ccc(N(CCC#N)C(=O)CN2CCCc3ccccc32)cc1. The molecular formula is C22H25N3O2. The Morgan fingerprint density at radius 2 is 2.00 bits per heavy atom. The van der Waals surface area contributed by atoms with Crippen LogP contribution in [0.3, 0.4) is 0 Å². The van der Waals surface area contributed by atoms with Gasteiger partial charge in [-0.15, -0.1) is 0 Å². The number of nitriles is 1. The second-order valence-corrected chi connectivity index (χ2v) is 6.53. The van der Waals surface area contributed by atoms with Gasteiger partial charge in [0.25, 0.3) is 0 Å². The molecule has 0 spiro atoms. The highest BCUT2D eigenvalue weighted by atomic mass is 16.5. The Hall–Kier alpha value is -3.00. The quantitative estimate of drug-likeness (QED) is 0.751. The lowest BCUT2D eigenvalue weighted by molar-refractivity contribution is -0.117. The van der Waals surface area contributed by atoms with Gasteiger partial charge in [-0.05, 0) is 55.7 Å². The third-order valence-electron chi connectivity index (χ3n) is 4.74. The first-order chi connectivity index (χ1) is 13.2. The molecule has 5 nitrogen and oxygen atoms in total. The number of amides is 1. The second kappa shape index (κ2) is 9.09. The summed E-state index contributed by atoms with van der Waals surface area (Å²) in [6.45, 7) is 4.12. The predicted octanol–water partition coefficient (Wildman–Crippen LogP) is 3.78. The molecule has 0 aliphatic carbocycles. The van der Waals surface area contributed by atoms with E-state index in [1.807, 2.05) is 43.3 Å². The van der Waals surface area contributed by atoms with Gasteiger partial charge in [-0.1, -0.05) is 18.2 Å². The Labute approximate surface area is 160 Å². The van der Waals surface area contributed by atoms with Crippen molar-refractivity contribution in [2.45, 2.75) is 26.2 Å². The first-order valence-corrected chi connectivity index (χ1v) is 9.46. The molecule has 0 saturated heterocycles. The standard InChI is InChI=1S/C22H25N3O2/c1-2-27-20-12-10-19(11-13-20)25(16-6-14-23)22(26)17-24-15-5-8-18-7-3-4-9-21(18)24/h3-4,7,9-13H,2,5-6,8,15-17H2,1H3. The van der Waals surface area contributed by atoms with Crippen LogP contribution in [0.5, 0.6) is 5.75 Å². The van der Waals surface area contributed by atoms with Gasteiger partial charge < -0.3 is 14.5 Å². The lowest BCUT2D eigenvalue weighted by Gasteiger charge is -2.33. The van der Waals surface area contributed by atoms with Gasteiger partial charge in [0, 0.05) is 24.5 Å².